The lowest BCUT2D eigenvalue weighted by molar-refractivity contribution is -0.160. The number of hydrogen-bond donors (Lipinski definition) is 1. The van der Waals surface area contributed by atoms with Crippen molar-refractivity contribution in [3.63, 3.8) is 0 Å². The average molecular weight is 525 g/mol. The number of nitrogens with zero attached hydrogens (tertiary/aromatic N) is 3. The van der Waals surface area contributed by atoms with Crippen molar-refractivity contribution in [2.45, 2.75) is 47.0 Å². The van der Waals surface area contributed by atoms with Crippen LogP contribution in [0.4, 0.5) is 0 Å². The molecule has 1 N–H and O–H groups in total. The number of benzene rings is 2. The van der Waals surface area contributed by atoms with Crippen molar-refractivity contribution in [1.82, 2.24) is 20.2 Å². The molecule has 1 amide bonds. The summed E-state index contributed by atoms with van der Waals surface area (Å²) in [7, 11) is 0. The van der Waals surface area contributed by atoms with Gasteiger partial charge in [0, 0.05) is 32.0 Å². The van der Waals surface area contributed by atoms with Gasteiger partial charge in [0.05, 0.1) is 24.5 Å². The molecule has 0 unspecified atom stereocenters. The van der Waals surface area contributed by atoms with Gasteiger partial charge in [0.2, 0.25) is 0 Å². The topological polar surface area (TPSA) is 84.4 Å². The van der Waals surface area contributed by atoms with Gasteiger partial charge in [0.1, 0.15) is 0 Å². The van der Waals surface area contributed by atoms with Gasteiger partial charge in [0.15, 0.2) is 0 Å². The van der Waals surface area contributed by atoms with E-state index in [1.807, 2.05) is 67.7 Å². The zero-order valence-corrected chi connectivity index (χ0v) is 22.8. The summed E-state index contributed by atoms with van der Waals surface area (Å²) < 4.78 is 4.84. The summed E-state index contributed by atoms with van der Waals surface area (Å²) in [5.41, 5.74) is 6.35. The summed E-state index contributed by atoms with van der Waals surface area (Å²) in [6, 6.07) is 27.8. The number of amides is 1. The molecule has 2 heterocycles. The van der Waals surface area contributed by atoms with E-state index in [1.54, 1.807) is 13.1 Å². The molecule has 2 aromatic carbocycles. The van der Waals surface area contributed by atoms with E-state index in [-0.39, 0.29) is 13.2 Å². The van der Waals surface area contributed by atoms with Gasteiger partial charge in [-0.25, -0.2) is 4.79 Å². The Morgan fingerprint density at radius 1 is 0.718 bits per heavy atom. The summed E-state index contributed by atoms with van der Waals surface area (Å²) in [4.78, 5) is 34.3. The molecule has 202 valence electrons. The Bertz CT molecular complexity index is 1310. The monoisotopic (exact) mass is 524 g/mol. The van der Waals surface area contributed by atoms with Crippen LogP contribution in [0.1, 0.15) is 40.6 Å². The normalized spacial score (nSPS) is 10.2. The van der Waals surface area contributed by atoms with Crippen LogP contribution in [-0.2, 0) is 40.5 Å². The van der Waals surface area contributed by atoms with E-state index in [9.17, 15) is 9.59 Å². The highest BCUT2D eigenvalue weighted by molar-refractivity contribution is 6.32. The zero-order valence-electron chi connectivity index (χ0n) is 22.8. The number of ether oxygens (including phenoxy) is 1. The lowest BCUT2D eigenvalue weighted by atomic mass is 10.1. The molecular formula is C32H36N4O3. The molecular weight excluding hydrogens is 488 g/mol. The van der Waals surface area contributed by atoms with Gasteiger partial charge in [-0.3, -0.25) is 14.8 Å². The molecule has 0 saturated heterocycles. The molecule has 7 nitrogen and oxygen atoms in total. The minimum absolute atomic E-state index is 0.173. The number of aromatic nitrogens is 2. The van der Waals surface area contributed by atoms with Gasteiger partial charge in [-0.15, -0.1) is 0 Å². The molecule has 0 aliphatic heterocycles. The van der Waals surface area contributed by atoms with Crippen molar-refractivity contribution < 1.29 is 14.3 Å². The number of hydrogen-bond acceptors (Lipinski definition) is 6. The van der Waals surface area contributed by atoms with Crippen molar-refractivity contribution in [3.05, 3.63) is 131 Å². The minimum atomic E-state index is -0.836. The van der Waals surface area contributed by atoms with Crippen LogP contribution in [-0.4, -0.2) is 33.4 Å². The third kappa shape index (κ3) is 9.79. The van der Waals surface area contributed by atoms with Crippen LogP contribution < -0.4 is 5.32 Å². The number of aryl methyl sites for hydroxylation is 2. The number of carbonyl (C=O) groups excluding carboxylic acids is 2. The van der Waals surface area contributed by atoms with Gasteiger partial charge >= 0.3 is 11.9 Å². The molecule has 0 radical (unpaired) electrons. The fourth-order valence-corrected chi connectivity index (χ4v) is 3.81. The first-order valence-electron chi connectivity index (χ1n) is 13.0. The highest BCUT2D eigenvalue weighted by Gasteiger charge is 2.24. The van der Waals surface area contributed by atoms with E-state index in [1.165, 1.54) is 16.0 Å². The maximum absolute atomic E-state index is 12.4. The Morgan fingerprint density at radius 2 is 1.28 bits per heavy atom. The predicted molar refractivity (Wildman–Crippen MR) is 152 cm³/mol. The third-order valence-corrected chi connectivity index (χ3v) is 5.99. The fraction of sp³-hybridized carbons (Fsp3) is 0.250. The van der Waals surface area contributed by atoms with E-state index in [0.717, 1.165) is 35.6 Å². The Morgan fingerprint density at radius 3 is 1.85 bits per heavy atom. The van der Waals surface area contributed by atoms with E-state index in [0.29, 0.717) is 6.54 Å². The van der Waals surface area contributed by atoms with Crippen LogP contribution >= 0.6 is 0 Å². The lowest BCUT2D eigenvalue weighted by Gasteiger charge is -2.22. The molecule has 0 atom stereocenters. The number of nitrogens with one attached hydrogen (secondary N) is 1. The molecule has 7 heteroatoms. The van der Waals surface area contributed by atoms with Gasteiger partial charge in [-0.2, -0.15) is 0 Å². The van der Waals surface area contributed by atoms with Gasteiger partial charge in [0.25, 0.3) is 0 Å². The average Bonchev–Trinajstić information content (AvgIpc) is 2.96. The van der Waals surface area contributed by atoms with E-state index in [4.69, 9.17) is 4.74 Å². The van der Waals surface area contributed by atoms with E-state index < -0.39 is 11.9 Å². The smallest absolute Gasteiger partial charge is 0.397 e. The second-order valence-corrected chi connectivity index (χ2v) is 8.99. The van der Waals surface area contributed by atoms with Crippen molar-refractivity contribution in [3.8, 4) is 0 Å². The minimum Gasteiger partial charge on any atom is -0.459 e. The van der Waals surface area contributed by atoms with Gasteiger partial charge in [-0.1, -0.05) is 72.8 Å². The first kappa shape index (κ1) is 29.2. The van der Waals surface area contributed by atoms with Crippen LogP contribution in [0.3, 0.4) is 0 Å². The van der Waals surface area contributed by atoms with E-state index in [2.05, 4.69) is 52.5 Å². The quantitative estimate of drug-likeness (QED) is 0.240. The fourth-order valence-electron chi connectivity index (χ4n) is 3.81. The van der Waals surface area contributed by atoms with Gasteiger partial charge in [-0.05, 0) is 55.2 Å². The molecule has 0 bridgehead atoms. The molecule has 0 fully saturated rings. The molecule has 39 heavy (non-hydrogen) atoms. The molecule has 2 aromatic heterocycles. The summed E-state index contributed by atoms with van der Waals surface area (Å²) in [5.74, 6) is -1.49. The van der Waals surface area contributed by atoms with Crippen molar-refractivity contribution in [2.75, 3.05) is 6.61 Å². The Balaban J connectivity index is 0.000000230. The third-order valence-electron chi connectivity index (χ3n) is 5.99. The Kier molecular flexibility index (Phi) is 11.8. The van der Waals surface area contributed by atoms with Crippen LogP contribution in [0.15, 0.2) is 97.3 Å². The van der Waals surface area contributed by atoms with Crippen molar-refractivity contribution >= 4 is 11.9 Å². The molecule has 0 aliphatic carbocycles. The highest BCUT2D eigenvalue weighted by atomic mass is 16.5. The molecule has 4 rings (SSSR count). The number of esters is 1. The number of rotatable bonds is 9. The van der Waals surface area contributed by atoms with Crippen molar-refractivity contribution in [2.24, 2.45) is 0 Å². The maximum atomic E-state index is 12.4. The largest absolute Gasteiger partial charge is 0.459 e. The van der Waals surface area contributed by atoms with Crippen LogP contribution in [0.2, 0.25) is 0 Å². The molecule has 0 saturated carbocycles. The Hall–Kier alpha value is -4.36. The predicted octanol–water partition coefficient (Wildman–Crippen LogP) is 5.16. The second kappa shape index (κ2) is 15.8. The van der Waals surface area contributed by atoms with Gasteiger partial charge < -0.3 is 15.0 Å². The van der Waals surface area contributed by atoms with Crippen LogP contribution in [0.25, 0.3) is 0 Å². The number of carbonyl (C=O) groups is 2. The highest BCUT2D eigenvalue weighted by Crippen LogP contribution is 2.12. The molecule has 0 spiro atoms. The van der Waals surface area contributed by atoms with Crippen molar-refractivity contribution in [1.29, 1.82) is 0 Å². The Labute approximate surface area is 230 Å². The second-order valence-electron chi connectivity index (χ2n) is 8.99. The summed E-state index contributed by atoms with van der Waals surface area (Å²) in [5, 5.41) is 3.40. The number of pyridine rings is 2. The van der Waals surface area contributed by atoms with Crippen LogP contribution in [0.5, 0.6) is 0 Å². The first-order chi connectivity index (χ1) is 19.0. The summed E-state index contributed by atoms with van der Waals surface area (Å²) >= 11 is 0. The SMILES string of the molecule is CCOC(=O)C(=O)N(Cc1ccccc1)Cc1ncccc1C.Cc1cccnc1CNCc1ccccc1. The molecule has 4 aromatic rings. The summed E-state index contributed by atoms with van der Waals surface area (Å²) in [6.45, 7) is 8.17. The first-order valence-corrected chi connectivity index (χ1v) is 13.0. The maximum Gasteiger partial charge on any atom is 0.397 e. The summed E-state index contributed by atoms with van der Waals surface area (Å²) in [6.07, 6.45) is 3.52. The van der Waals surface area contributed by atoms with Crippen LogP contribution in [0, 0.1) is 13.8 Å². The zero-order chi connectivity index (χ0) is 27.9. The standard InChI is InChI=1S/C18H20N2O3.C14H16N2/c1-3-23-18(22)17(21)20(12-15-9-5-4-6-10-15)13-16-14(2)8-7-11-19-16;1-12-6-5-9-16-14(12)11-15-10-13-7-3-2-4-8-13/h4-11H,3,12-13H2,1-2H3;2-9,15H,10-11H2,1H3. The lowest BCUT2D eigenvalue weighted by Crippen LogP contribution is -2.37. The molecule has 0 aliphatic rings. The van der Waals surface area contributed by atoms with E-state index >= 15 is 0 Å².